The number of nitrogens with one attached hydrogen (secondary N) is 2. The zero-order valence-electron chi connectivity index (χ0n) is 14.5. The van der Waals surface area contributed by atoms with Crippen molar-refractivity contribution in [2.45, 2.75) is 43.0 Å². The lowest BCUT2D eigenvalue weighted by molar-refractivity contribution is -0.117. The Morgan fingerprint density at radius 3 is 2.85 bits per heavy atom. The van der Waals surface area contributed by atoms with Crippen LogP contribution in [0.2, 0.25) is 0 Å². The van der Waals surface area contributed by atoms with Gasteiger partial charge in [-0.15, -0.1) is 0 Å². The Bertz CT molecular complexity index is 835. The molecule has 2 heterocycles. The molecule has 26 heavy (non-hydrogen) atoms. The zero-order valence-corrected chi connectivity index (χ0v) is 15.3. The lowest BCUT2D eigenvalue weighted by atomic mass is 10.0. The maximum atomic E-state index is 13.0. The third-order valence-corrected chi connectivity index (χ3v) is 6.72. The van der Waals surface area contributed by atoms with E-state index in [9.17, 15) is 18.0 Å². The quantitative estimate of drug-likeness (QED) is 0.776. The standard InChI is InChI=1S/C18H23N3O4S/c1-2-17(22)19-14-4-3-10-21(11-9-14)26(24,25)15-6-7-16-13(12-15)5-8-18(23)20-16/h2,6-7,12,14H,1,3-5,8-11H2,(H,19,22)(H,20,23). The van der Waals surface area contributed by atoms with Crippen molar-refractivity contribution in [3.8, 4) is 0 Å². The Balaban J connectivity index is 1.75. The number of rotatable bonds is 4. The van der Waals surface area contributed by atoms with Crippen molar-refractivity contribution < 1.29 is 18.0 Å². The minimum Gasteiger partial charge on any atom is -0.350 e. The number of fused-ring (bicyclic) bond motifs is 1. The topological polar surface area (TPSA) is 95.6 Å². The molecule has 0 aromatic heterocycles. The number of amides is 2. The van der Waals surface area contributed by atoms with Crippen LogP contribution in [0, 0.1) is 0 Å². The highest BCUT2D eigenvalue weighted by Crippen LogP contribution is 2.28. The average Bonchev–Trinajstić information content (AvgIpc) is 2.87. The molecule has 8 heteroatoms. The maximum Gasteiger partial charge on any atom is 0.243 e. The van der Waals surface area contributed by atoms with E-state index in [2.05, 4.69) is 17.2 Å². The first-order valence-electron chi connectivity index (χ1n) is 8.76. The third kappa shape index (κ3) is 3.96. The Morgan fingerprint density at radius 2 is 2.08 bits per heavy atom. The van der Waals surface area contributed by atoms with Crippen LogP contribution in [0.3, 0.4) is 0 Å². The number of benzene rings is 1. The molecule has 0 bridgehead atoms. The minimum atomic E-state index is -3.60. The molecule has 1 saturated heterocycles. The summed E-state index contributed by atoms with van der Waals surface area (Å²) >= 11 is 0. The van der Waals surface area contributed by atoms with Crippen LogP contribution in [-0.4, -0.2) is 43.7 Å². The molecule has 1 aromatic rings. The van der Waals surface area contributed by atoms with Crippen LogP contribution in [-0.2, 0) is 26.0 Å². The average molecular weight is 377 g/mol. The summed E-state index contributed by atoms with van der Waals surface area (Å²) in [6, 6.07) is 4.82. The number of hydrogen-bond acceptors (Lipinski definition) is 4. The number of hydrogen-bond donors (Lipinski definition) is 2. The number of carbonyl (C=O) groups is 2. The van der Waals surface area contributed by atoms with Gasteiger partial charge in [0.05, 0.1) is 4.90 Å². The lowest BCUT2D eigenvalue weighted by Gasteiger charge is -2.22. The van der Waals surface area contributed by atoms with Gasteiger partial charge in [-0.25, -0.2) is 8.42 Å². The molecule has 140 valence electrons. The fourth-order valence-electron chi connectivity index (χ4n) is 3.38. The van der Waals surface area contributed by atoms with E-state index in [-0.39, 0.29) is 22.8 Å². The second kappa shape index (κ2) is 7.59. The fraction of sp³-hybridized carbons (Fsp3) is 0.444. The molecular formula is C18H23N3O4S. The molecule has 7 nitrogen and oxygen atoms in total. The molecule has 2 N–H and O–H groups in total. The van der Waals surface area contributed by atoms with Gasteiger partial charge in [0.25, 0.3) is 0 Å². The monoisotopic (exact) mass is 377 g/mol. The highest BCUT2D eigenvalue weighted by molar-refractivity contribution is 7.89. The summed E-state index contributed by atoms with van der Waals surface area (Å²) in [5, 5.41) is 5.61. The van der Waals surface area contributed by atoms with Gasteiger partial charge in [-0.3, -0.25) is 9.59 Å². The Kier molecular flexibility index (Phi) is 5.43. The first-order valence-corrected chi connectivity index (χ1v) is 10.2. The highest BCUT2D eigenvalue weighted by atomic mass is 32.2. The summed E-state index contributed by atoms with van der Waals surface area (Å²) in [6.45, 7) is 4.23. The van der Waals surface area contributed by atoms with E-state index in [1.807, 2.05) is 0 Å². The van der Waals surface area contributed by atoms with Crippen LogP contribution in [0.15, 0.2) is 35.7 Å². The first-order chi connectivity index (χ1) is 12.4. The van der Waals surface area contributed by atoms with Crippen LogP contribution >= 0.6 is 0 Å². The number of carbonyl (C=O) groups excluding carboxylic acids is 2. The lowest BCUT2D eigenvalue weighted by Crippen LogP contribution is -2.36. The zero-order chi connectivity index (χ0) is 18.7. The van der Waals surface area contributed by atoms with Gasteiger partial charge in [0, 0.05) is 31.2 Å². The normalized spacial score (nSPS) is 21.2. The predicted molar refractivity (Wildman–Crippen MR) is 98.1 cm³/mol. The third-order valence-electron chi connectivity index (χ3n) is 4.83. The maximum absolute atomic E-state index is 13.0. The summed E-state index contributed by atoms with van der Waals surface area (Å²) in [6.07, 6.45) is 4.13. The largest absolute Gasteiger partial charge is 0.350 e. The number of aryl methyl sites for hydroxylation is 1. The van der Waals surface area contributed by atoms with Crippen LogP contribution in [0.5, 0.6) is 0 Å². The van der Waals surface area contributed by atoms with Gasteiger partial charge in [-0.05, 0) is 55.5 Å². The van der Waals surface area contributed by atoms with Crippen LogP contribution < -0.4 is 10.6 Å². The summed E-state index contributed by atoms with van der Waals surface area (Å²) < 4.78 is 27.5. The fourth-order valence-corrected chi connectivity index (χ4v) is 4.93. The summed E-state index contributed by atoms with van der Waals surface area (Å²) in [4.78, 5) is 23.2. The molecule has 0 aliphatic carbocycles. The molecule has 1 unspecified atom stereocenters. The van der Waals surface area contributed by atoms with Crippen molar-refractivity contribution in [3.63, 3.8) is 0 Å². The van der Waals surface area contributed by atoms with Crippen LogP contribution in [0.4, 0.5) is 5.69 Å². The second-order valence-corrected chi connectivity index (χ2v) is 8.55. The molecule has 2 aliphatic rings. The van der Waals surface area contributed by atoms with Gasteiger partial charge in [0.15, 0.2) is 0 Å². The van der Waals surface area contributed by atoms with Gasteiger partial charge in [0.2, 0.25) is 21.8 Å². The summed E-state index contributed by atoms with van der Waals surface area (Å²) in [5.74, 6) is -0.281. The molecular weight excluding hydrogens is 354 g/mol. The first kappa shape index (κ1) is 18.6. The van der Waals surface area contributed by atoms with E-state index in [1.165, 1.54) is 10.4 Å². The van der Waals surface area contributed by atoms with Crippen molar-refractivity contribution in [1.82, 2.24) is 9.62 Å². The Hall–Kier alpha value is -2.19. The molecule has 1 fully saturated rings. The number of anilines is 1. The molecule has 1 aromatic carbocycles. The number of nitrogens with zero attached hydrogens (tertiary/aromatic N) is 1. The van der Waals surface area contributed by atoms with E-state index in [0.717, 1.165) is 12.0 Å². The van der Waals surface area contributed by atoms with Crippen molar-refractivity contribution in [3.05, 3.63) is 36.4 Å². The Morgan fingerprint density at radius 1 is 1.27 bits per heavy atom. The van der Waals surface area contributed by atoms with E-state index in [1.54, 1.807) is 18.2 Å². The SMILES string of the molecule is C=CC(=O)NC1CCCN(S(=O)(=O)c2ccc3c(c2)CCC(=O)N3)CC1. The van der Waals surface area contributed by atoms with E-state index >= 15 is 0 Å². The van der Waals surface area contributed by atoms with Crippen molar-refractivity contribution in [2.75, 3.05) is 18.4 Å². The summed E-state index contributed by atoms with van der Waals surface area (Å²) in [5.41, 5.74) is 1.53. The van der Waals surface area contributed by atoms with Crippen LogP contribution in [0.25, 0.3) is 0 Å². The van der Waals surface area contributed by atoms with Gasteiger partial charge in [0.1, 0.15) is 0 Å². The highest BCUT2D eigenvalue weighted by Gasteiger charge is 2.29. The Labute approximate surface area is 153 Å². The summed E-state index contributed by atoms with van der Waals surface area (Å²) in [7, 11) is -3.60. The molecule has 2 aliphatic heterocycles. The molecule has 2 amide bonds. The van der Waals surface area contributed by atoms with Crippen molar-refractivity contribution in [1.29, 1.82) is 0 Å². The van der Waals surface area contributed by atoms with Gasteiger partial charge in [-0.1, -0.05) is 6.58 Å². The van der Waals surface area contributed by atoms with E-state index in [4.69, 9.17) is 0 Å². The smallest absolute Gasteiger partial charge is 0.243 e. The molecule has 0 saturated carbocycles. The molecule has 0 radical (unpaired) electrons. The minimum absolute atomic E-state index is 0.0422. The second-order valence-electron chi connectivity index (χ2n) is 6.61. The van der Waals surface area contributed by atoms with Crippen molar-refractivity contribution >= 4 is 27.5 Å². The van der Waals surface area contributed by atoms with Gasteiger partial charge in [-0.2, -0.15) is 4.31 Å². The van der Waals surface area contributed by atoms with E-state index in [0.29, 0.717) is 44.5 Å². The molecule has 1 atom stereocenters. The predicted octanol–water partition coefficient (Wildman–Crippen LogP) is 1.42. The van der Waals surface area contributed by atoms with Crippen LogP contribution in [0.1, 0.15) is 31.2 Å². The van der Waals surface area contributed by atoms with E-state index < -0.39 is 10.0 Å². The van der Waals surface area contributed by atoms with Crippen molar-refractivity contribution in [2.24, 2.45) is 0 Å². The van der Waals surface area contributed by atoms with Gasteiger partial charge < -0.3 is 10.6 Å². The number of sulfonamides is 1. The molecule has 0 spiro atoms. The molecule has 3 rings (SSSR count). The van der Waals surface area contributed by atoms with Gasteiger partial charge >= 0.3 is 0 Å².